The Morgan fingerprint density at radius 1 is 1.17 bits per heavy atom. The molecule has 0 radical (unpaired) electrons. The van der Waals surface area contributed by atoms with Crippen LogP contribution in [-0.2, 0) is 0 Å². The summed E-state index contributed by atoms with van der Waals surface area (Å²) >= 11 is 0. The van der Waals surface area contributed by atoms with Gasteiger partial charge in [0.25, 0.3) is 5.91 Å². The maximum Gasteiger partial charge on any atom is 0.277 e. The molecule has 148 valence electrons. The quantitative estimate of drug-likeness (QED) is 0.712. The van der Waals surface area contributed by atoms with Gasteiger partial charge in [0.1, 0.15) is 0 Å². The maximum absolute atomic E-state index is 14.4. The molecule has 1 aliphatic heterocycles. The lowest BCUT2D eigenvalue weighted by Gasteiger charge is -2.33. The number of hydrogen-bond acceptors (Lipinski definition) is 5. The largest absolute Gasteiger partial charge is 0.368 e. The molecule has 1 fully saturated rings. The number of nitrogens with zero attached hydrogens (tertiary/aromatic N) is 3. The molecule has 3 aromatic rings. The second kappa shape index (κ2) is 8.36. The summed E-state index contributed by atoms with van der Waals surface area (Å²) in [4.78, 5) is 23.3. The first-order chi connectivity index (χ1) is 14.1. The number of rotatable bonds is 4. The number of halogens is 1. The number of hydrogen-bond donors (Lipinski definition) is 2. The van der Waals surface area contributed by atoms with Gasteiger partial charge in [-0.1, -0.05) is 30.3 Å². The lowest BCUT2D eigenvalue weighted by atomic mass is 10.1. The van der Waals surface area contributed by atoms with Gasteiger partial charge in [-0.05, 0) is 31.0 Å². The van der Waals surface area contributed by atoms with Crippen LogP contribution >= 0.6 is 0 Å². The van der Waals surface area contributed by atoms with Gasteiger partial charge in [-0.15, -0.1) is 0 Å². The molecule has 0 saturated carbocycles. The first-order valence-electron chi connectivity index (χ1n) is 9.59. The number of anilines is 2. The molecule has 4 rings (SSSR count). The van der Waals surface area contributed by atoms with Gasteiger partial charge >= 0.3 is 0 Å². The van der Waals surface area contributed by atoms with Gasteiger partial charge in [0, 0.05) is 30.9 Å². The second-order valence-corrected chi connectivity index (χ2v) is 7.09. The van der Waals surface area contributed by atoms with Gasteiger partial charge in [-0.2, -0.15) is 0 Å². The third kappa shape index (κ3) is 4.25. The highest BCUT2D eigenvalue weighted by molar-refractivity contribution is 6.05. The smallest absolute Gasteiger partial charge is 0.277 e. The van der Waals surface area contributed by atoms with Crippen molar-refractivity contribution in [3.05, 3.63) is 72.4 Å². The van der Waals surface area contributed by atoms with Crippen molar-refractivity contribution in [3.63, 3.8) is 0 Å². The lowest BCUT2D eigenvalue weighted by molar-refractivity contribution is 0.101. The van der Waals surface area contributed by atoms with Crippen LogP contribution in [0.2, 0.25) is 0 Å². The molecule has 7 heteroatoms. The normalized spacial score (nSPS) is 16.5. The molecule has 0 spiro atoms. The van der Waals surface area contributed by atoms with Gasteiger partial charge in [-0.3, -0.25) is 9.78 Å². The molecule has 0 bridgehead atoms. The van der Waals surface area contributed by atoms with Crippen LogP contribution in [0.1, 0.15) is 23.3 Å². The molecule has 6 nitrogen and oxygen atoms in total. The van der Waals surface area contributed by atoms with Crippen LogP contribution in [0.25, 0.3) is 11.3 Å². The summed E-state index contributed by atoms with van der Waals surface area (Å²) in [7, 11) is 0. The number of nitrogens with two attached hydrogens (primary N) is 1. The Bertz CT molecular complexity index is 1010. The molecule has 1 aliphatic rings. The second-order valence-electron chi connectivity index (χ2n) is 7.09. The van der Waals surface area contributed by atoms with Gasteiger partial charge in [-0.25, -0.2) is 9.37 Å². The van der Waals surface area contributed by atoms with E-state index in [1.807, 2.05) is 36.4 Å². The first-order valence-corrected chi connectivity index (χ1v) is 9.59. The number of nitrogens with one attached hydrogen (secondary N) is 1. The molecule has 1 aromatic carbocycles. The molecule has 3 heterocycles. The molecule has 2 aromatic heterocycles. The van der Waals surface area contributed by atoms with Crippen LogP contribution in [0.5, 0.6) is 0 Å². The van der Waals surface area contributed by atoms with Gasteiger partial charge in [0.2, 0.25) is 0 Å². The fraction of sp³-hybridized carbons (Fsp3) is 0.227. The van der Waals surface area contributed by atoms with Crippen LogP contribution in [-0.4, -0.2) is 35.0 Å². The van der Waals surface area contributed by atoms with Crippen molar-refractivity contribution in [1.29, 1.82) is 0 Å². The highest BCUT2D eigenvalue weighted by atomic mass is 19.1. The van der Waals surface area contributed by atoms with Crippen molar-refractivity contribution in [2.75, 3.05) is 23.3 Å². The topological polar surface area (TPSA) is 84.1 Å². The van der Waals surface area contributed by atoms with Crippen LogP contribution < -0.4 is 16.0 Å². The fourth-order valence-corrected chi connectivity index (χ4v) is 3.54. The van der Waals surface area contributed by atoms with Gasteiger partial charge in [0.15, 0.2) is 11.5 Å². The Labute approximate surface area is 168 Å². The average molecular weight is 391 g/mol. The minimum atomic E-state index is -0.674. The summed E-state index contributed by atoms with van der Waals surface area (Å²) in [6.45, 7) is 1.54. The van der Waals surface area contributed by atoms with E-state index in [0.717, 1.165) is 30.6 Å². The summed E-state index contributed by atoms with van der Waals surface area (Å²) in [5.74, 6) is -1.29. The Hall–Kier alpha value is -3.32. The number of aromatic nitrogens is 2. The highest BCUT2D eigenvalue weighted by Crippen LogP contribution is 2.28. The van der Waals surface area contributed by atoms with E-state index < -0.39 is 11.7 Å². The third-order valence-electron chi connectivity index (χ3n) is 4.98. The van der Waals surface area contributed by atoms with Crippen molar-refractivity contribution in [2.24, 2.45) is 5.73 Å². The SMILES string of the molecule is NC1CCCN(c2ccncc2NC(=O)c2nc(-c3ccccc3)ccc2F)C1. The Morgan fingerprint density at radius 3 is 2.79 bits per heavy atom. The summed E-state index contributed by atoms with van der Waals surface area (Å²) in [5, 5.41) is 2.77. The number of benzene rings is 1. The molecule has 1 saturated heterocycles. The minimum Gasteiger partial charge on any atom is -0.368 e. The summed E-state index contributed by atoms with van der Waals surface area (Å²) in [6.07, 6.45) is 5.18. The predicted octanol–water partition coefficient (Wildman–Crippen LogP) is 3.46. The molecule has 1 unspecified atom stereocenters. The Morgan fingerprint density at radius 2 is 2.00 bits per heavy atom. The zero-order valence-electron chi connectivity index (χ0n) is 15.9. The molecular weight excluding hydrogens is 369 g/mol. The van der Waals surface area contributed by atoms with Crippen molar-refractivity contribution < 1.29 is 9.18 Å². The summed E-state index contributed by atoms with van der Waals surface area (Å²) < 4.78 is 14.4. The predicted molar refractivity (Wildman–Crippen MR) is 111 cm³/mol. The van der Waals surface area contributed by atoms with E-state index in [4.69, 9.17) is 5.73 Å². The van der Waals surface area contributed by atoms with Crippen molar-refractivity contribution in [1.82, 2.24) is 9.97 Å². The van der Waals surface area contributed by atoms with E-state index in [-0.39, 0.29) is 11.7 Å². The number of carbonyl (C=O) groups is 1. The van der Waals surface area contributed by atoms with Crippen molar-refractivity contribution in [2.45, 2.75) is 18.9 Å². The average Bonchev–Trinajstić information content (AvgIpc) is 2.75. The van der Waals surface area contributed by atoms with E-state index in [2.05, 4.69) is 20.2 Å². The maximum atomic E-state index is 14.4. The number of pyridine rings is 2. The molecular formula is C22H22FN5O. The molecule has 3 N–H and O–H groups in total. The zero-order valence-corrected chi connectivity index (χ0v) is 15.9. The van der Waals surface area contributed by atoms with E-state index in [1.54, 1.807) is 18.5 Å². The summed E-state index contributed by atoms with van der Waals surface area (Å²) in [6, 6.07) is 14.1. The molecule has 1 atom stereocenters. The molecule has 1 amide bonds. The fourth-order valence-electron chi connectivity index (χ4n) is 3.54. The monoisotopic (exact) mass is 391 g/mol. The first kappa shape index (κ1) is 19.0. The number of piperidine rings is 1. The molecule has 0 aliphatic carbocycles. The standard InChI is InChI=1S/C22H22FN5O/c23-17-8-9-18(15-5-2-1-3-6-15)26-21(17)22(29)27-19-13-25-11-10-20(19)28-12-4-7-16(24)14-28/h1-3,5-6,8-11,13,16H,4,7,12,14,24H2,(H,27,29). The zero-order chi connectivity index (χ0) is 20.2. The van der Waals surface area contributed by atoms with E-state index in [9.17, 15) is 9.18 Å². The van der Waals surface area contributed by atoms with Crippen LogP contribution in [0.3, 0.4) is 0 Å². The third-order valence-corrected chi connectivity index (χ3v) is 4.98. The van der Waals surface area contributed by atoms with Crippen LogP contribution in [0.4, 0.5) is 15.8 Å². The highest BCUT2D eigenvalue weighted by Gasteiger charge is 2.22. The van der Waals surface area contributed by atoms with Crippen LogP contribution in [0.15, 0.2) is 60.9 Å². The van der Waals surface area contributed by atoms with E-state index >= 15 is 0 Å². The lowest BCUT2D eigenvalue weighted by Crippen LogP contribution is -2.43. The van der Waals surface area contributed by atoms with E-state index in [1.165, 1.54) is 6.07 Å². The molecule has 29 heavy (non-hydrogen) atoms. The summed E-state index contributed by atoms with van der Waals surface area (Å²) in [5.41, 5.74) is 8.52. The van der Waals surface area contributed by atoms with Gasteiger partial charge in [0.05, 0.1) is 23.3 Å². The van der Waals surface area contributed by atoms with E-state index in [0.29, 0.717) is 17.9 Å². The van der Waals surface area contributed by atoms with Gasteiger partial charge < -0.3 is 16.0 Å². The van der Waals surface area contributed by atoms with Crippen molar-refractivity contribution >= 4 is 17.3 Å². The van der Waals surface area contributed by atoms with Crippen molar-refractivity contribution in [3.8, 4) is 11.3 Å². The Balaban J connectivity index is 1.61. The van der Waals surface area contributed by atoms with Crippen LogP contribution in [0, 0.1) is 5.82 Å². The minimum absolute atomic E-state index is 0.0853. The number of amides is 1. The Kier molecular flexibility index (Phi) is 5.48. The number of carbonyl (C=O) groups excluding carboxylic acids is 1.